The Morgan fingerprint density at radius 1 is 0.264 bits per heavy atom. The van der Waals surface area contributed by atoms with Crippen LogP contribution in [0.2, 0.25) is 0 Å². The molecule has 272 valence electrons. The number of hydrogen-bond acceptors (Lipinski definition) is 6. The Bertz CT molecular complexity index is 2190. The van der Waals surface area contributed by atoms with E-state index in [1.807, 2.05) is 114 Å². The van der Waals surface area contributed by atoms with Crippen LogP contribution < -0.4 is 0 Å². The summed E-state index contributed by atoms with van der Waals surface area (Å²) in [6.45, 7) is 11.8. The molecule has 0 saturated carbocycles. The third-order valence-corrected chi connectivity index (χ3v) is 10.0. The van der Waals surface area contributed by atoms with E-state index in [0.717, 1.165) is 44.5 Å². The van der Waals surface area contributed by atoms with Crippen LogP contribution in [-0.2, 0) is 32.1 Å². The van der Waals surface area contributed by atoms with Crippen LogP contribution >= 0.6 is 0 Å². The zero-order valence-electron chi connectivity index (χ0n) is 31.3. The fourth-order valence-electron chi connectivity index (χ4n) is 7.55. The standard InChI is InChI=1S/C47H48O6/c1-26-7-9-42(48)32(11-26)21-34-13-28(3)15-36(44(34)50)23-38-17-30(5)19-40(46(38)52)25-41-20-31(6)18-39(47(41)53)24-37-16-29(4)14-35(45(37)51)22-33-12-27(2)8-10-43(33)49/h7-20,48-53H,21-25H2,1-6H3. The number of hydrogen-bond donors (Lipinski definition) is 6. The van der Waals surface area contributed by atoms with E-state index in [1.165, 1.54) is 0 Å². The zero-order chi connectivity index (χ0) is 38.1. The van der Waals surface area contributed by atoms with E-state index in [9.17, 15) is 30.6 Å². The second-order valence-electron chi connectivity index (χ2n) is 14.9. The zero-order valence-corrected chi connectivity index (χ0v) is 31.3. The van der Waals surface area contributed by atoms with Gasteiger partial charge in [0.05, 0.1) is 0 Å². The summed E-state index contributed by atoms with van der Waals surface area (Å²) in [7, 11) is 0. The molecule has 53 heavy (non-hydrogen) atoms. The van der Waals surface area contributed by atoms with Crippen molar-refractivity contribution in [1.29, 1.82) is 0 Å². The first-order valence-corrected chi connectivity index (χ1v) is 18.0. The maximum absolute atomic E-state index is 11.6. The summed E-state index contributed by atoms with van der Waals surface area (Å²) < 4.78 is 0. The van der Waals surface area contributed by atoms with Crippen molar-refractivity contribution < 1.29 is 30.6 Å². The van der Waals surface area contributed by atoms with Gasteiger partial charge in [0, 0.05) is 32.1 Å². The molecule has 0 fully saturated rings. The fourth-order valence-corrected chi connectivity index (χ4v) is 7.55. The Kier molecular flexibility index (Phi) is 10.4. The van der Waals surface area contributed by atoms with E-state index in [2.05, 4.69) is 0 Å². The van der Waals surface area contributed by atoms with E-state index >= 15 is 0 Å². The lowest BCUT2D eigenvalue weighted by molar-refractivity contribution is 0.452. The normalized spacial score (nSPS) is 11.3. The van der Waals surface area contributed by atoms with Gasteiger partial charge in [-0.05, 0) is 109 Å². The lowest BCUT2D eigenvalue weighted by atomic mass is 9.90. The maximum Gasteiger partial charge on any atom is 0.122 e. The van der Waals surface area contributed by atoms with Crippen LogP contribution in [0.15, 0.2) is 84.9 Å². The average Bonchev–Trinajstić information content (AvgIpc) is 3.09. The smallest absolute Gasteiger partial charge is 0.122 e. The van der Waals surface area contributed by atoms with Gasteiger partial charge in [0.15, 0.2) is 0 Å². The number of phenols is 6. The largest absolute Gasteiger partial charge is 0.508 e. The molecule has 0 aliphatic heterocycles. The molecule has 0 amide bonds. The Balaban J connectivity index is 1.29. The van der Waals surface area contributed by atoms with Gasteiger partial charge < -0.3 is 30.6 Å². The monoisotopic (exact) mass is 708 g/mol. The van der Waals surface area contributed by atoms with Crippen molar-refractivity contribution in [1.82, 2.24) is 0 Å². The number of rotatable bonds is 10. The first-order chi connectivity index (χ1) is 25.1. The van der Waals surface area contributed by atoms with Crippen LogP contribution in [0.25, 0.3) is 0 Å². The Hall–Kier alpha value is -5.88. The molecule has 6 rings (SSSR count). The molecular weight excluding hydrogens is 661 g/mol. The van der Waals surface area contributed by atoms with Crippen LogP contribution in [0.1, 0.15) is 89.0 Å². The third kappa shape index (κ3) is 8.28. The Morgan fingerprint density at radius 2 is 0.453 bits per heavy atom. The third-order valence-electron chi connectivity index (χ3n) is 10.0. The molecule has 6 aromatic carbocycles. The highest BCUT2D eigenvalue weighted by molar-refractivity contribution is 5.56. The molecule has 6 N–H and O–H groups in total. The molecule has 0 bridgehead atoms. The quantitative estimate of drug-likeness (QED) is 0.0843. The highest BCUT2D eigenvalue weighted by Crippen LogP contribution is 2.38. The van der Waals surface area contributed by atoms with Gasteiger partial charge in [0.1, 0.15) is 34.5 Å². The van der Waals surface area contributed by atoms with E-state index in [1.54, 1.807) is 12.1 Å². The molecule has 0 spiro atoms. The SMILES string of the molecule is Cc1ccc(O)c(Cc2cc(C)cc(Cc3cc(C)cc(Cc4cc(C)cc(Cc5cc(C)cc(Cc6cc(C)ccc6O)c5O)c4O)c3O)c2O)c1. The van der Waals surface area contributed by atoms with Gasteiger partial charge in [-0.25, -0.2) is 0 Å². The van der Waals surface area contributed by atoms with Crippen LogP contribution in [-0.4, -0.2) is 30.6 Å². The summed E-state index contributed by atoms with van der Waals surface area (Å²) >= 11 is 0. The molecule has 0 heterocycles. The van der Waals surface area contributed by atoms with Crippen molar-refractivity contribution >= 4 is 0 Å². The van der Waals surface area contributed by atoms with E-state index in [0.29, 0.717) is 70.2 Å². The molecule has 0 atom stereocenters. The van der Waals surface area contributed by atoms with Crippen LogP contribution in [0.4, 0.5) is 0 Å². The lowest BCUT2D eigenvalue weighted by Gasteiger charge is -2.17. The van der Waals surface area contributed by atoms with E-state index < -0.39 is 0 Å². The van der Waals surface area contributed by atoms with Crippen molar-refractivity contribution in [3.63, 3.8) is 0 Å². The average molecular weight is 709 g/mol. The molecule has 0 aromatic heterocycles. The minimum absolute atomic E-state index is 0.109. The molecule has 0 saturated heterocycles. The van der Waals surface area contributed by atoms with Gasteiger partial charge in [0.2, 0.25) is 0 Å². The minimum Gasteiger partial charge on any atom is -0.508 e. The second kappa shape index (κ2) is 15.0. The summed E-state index contributed by atoms with van der Waals surface area (Å²) in [5, 5.41) is 67.0. The summed E-state index contributed by atoms with van der Waals surface area (Å²) in [6.07, 6.45) is 1.59. The Morgan fingerprint density at radius 3 is 0.679 bits per heavy atom. The number of phenolic OH excluding ortho intramolecular Hbond substituents is 6. The molecule has 0 unspecified atom stereocenters. The van der Waals surface area contributed by atoms with Crippen molar-refractivity contribution in [2.24, 2.45) is 0 Å². The minimum atomic E-state index is 0.109. The summed E-state index contributed by atoms with van der Waals surface area (Å²) in [6, 6.07) is 26.2. The molecule has 0 aliphatic rings. The van der Waals surface area contributed by atoms with E-state index in [4.69, 9.17) is 0 Å². The van der Waals surface area contributed by atoms with Crippen molar-refractivity contribution in [3.8, 4) is 34.5 Å². The summed E-state index contributed by atoms with van der Waals surface area (Å²) in [4.78, 5) is 0. The molecule has 0 radical (unpaired) electrons. The van der Waals surface area contributed by atoms with Gasteiger partial charge in [-0.1, -0.05) is 106 Å². The number of benzene rings is 6. The van der Waals surface area contributed by atoms with Crippen molar-refractivity contribution in [2.75, 3.05) is 0 Å². The maximum atomic E-state index is 11.6. The van der Waals surface area contributed by atoms with Gasteiger partial charge in [-0.15, -0.1) is 0 Å². The van der Waals surface area contributed by atoms with Gasteiger partial charge in [-0.3, -0.25) is 0 Å². The predicted octanol–water partition coefficient (Wildman–Crippen LogP) is 9.72. The molecule has 6 heteroatoms. The topological polar surface area (TPSA) is 121 Å². The van der Waals surface area contributed by atoms with Crippen LogP contribution in [0.5, 0.6) is 34.5 Å². The van der Waals surface area contributed by atoms with Gasteiger partial charge in [0.25, 0.3) is 0 Å². The highest BCUT2D eigenvalue weighted by atomic mass is 16.3. The van der Waals surface area contributed by atoms with Gasteiger partial charge >= 0.3 is 0 Å². The summed E-state index contributed by atoms with van der Waals surface area (Å²) in [5.74, 6) is 0.855. The highest BCUT2D eigenvalue weighted by Gasteiger charge is 2.19. The number of aryl methyl sites for hydroxylation is 6. The lowest BCUT2D eigenvalue weighted by Crippen LogP contribution is -2.01. The summed E-state index contributed by atoms with van der Waals surface area (Å²) in [5.41, 5.74) is 12.7. The molecule has 6 nitrogen and oxygen atoms in total. The van der Waals surface area contributed by atoms with E-state index in [-0.39, 0.29) is 40.9 Å². The number of aromatic hydroxyl groups is 6. The first kappa shape index (κ1) is 36.9. The molecule has 0 aliphatic carbocycles. The fraction of sp³-hybridized carbons (Fsp3) is 0.234. The van der Waals surface area contributed by atoms with Crippen LogP contribution in [0.3, 0.4) is 0 Å². The van der Waals surface area contributed by atoms with Gasteiger partial charge in [-0.2, -0.15) is 0 Å². The van der Waals surface area contributed by atoms with Crippen LogP contribution in [0, 0.1) is 41.5 Å². The second-order valence-corrected chi connectivity index (χ2v) is 14.9. The first-order valence-electron chi connectivity index (χ1n) is 18.0. The van der Waals surface area contributed by atoms with Crippen molar-refractivity contribution in [3.05, 3.63) is 174 Å². The predicted molar refractivity (Wildman–Crippen MR) is 211 cm³/mol. The Labute approximate surface area is 311 Å². The van der Waals surface area contributed by atoms with Crippen molar-refractivity contribution in [2.45, 2.75) is 73.6 Å². The molecule has 6 aromatic rings. The molecular formula is C47H48O6.